The van der Waals surface area contributed by atoms with Gasteiger partial charge in [0.2, 0.25) is 0 Å². The summed E-state index contributed by atoms with van der Waals surface area (Å²) in [6, 6.07) is 49.3. The van der Waals surface area contributed by atoms with Gasteiger partial charge in [0.25, 0.3) is 0 Å². The number of pyridine rings is 2. The van der Waals surface area contributed by atoms with Crippen LogP contribution in [0.3, 0.4) is 0 Å². The second-order valence-corrected chi connectivity index (χ2v) is 20.8. The first kappa shape index (κ1) is 51.2. The lowest BCUT2D eigenvalue weighted by molar-refractivity contribution is 0.0634. The highest BCUT2D eigenvalue weighted by Crippen LogP contribution is 2.43. The van der Waals surface area contributed by atoms with E-state index in [1.165, 1.54) is 5.56 Å². The molecule has 0 saturated heterocycles. The van der Waals surface area contributed by atoms with Crippen molar-refractivity contribution in [2.24, 2.45) is 0 Å². The summed E-state index contributed by atoms with van der Waals surface area (Å²) in [7, 11) is 7.79. The molecule has 0 fully saturated rings. The largest absolute Gasteiger partial charge is 0.380 e. The van der Waals surface area contributed by atoms with Crippen LogP contribution in [0.1, 0.15) is 57.3 Å². The summed E-state index contributed by atoms with van der Waals surface area (Å²) in [5.74, 6) is -1.51. The van der Waals surface area contributed by atoms with Gasteiger partial charge in [-0.1, -0.05) is 158 Å². The first-order chi connectivity index (χ1) is 33.5. The highest BCUT2D eigenvalue weighted by Gasteiger charge is 2.37. The summed E-state index contributed by atoms with van der Waals surface area (Å²) in [4.78, 5) is 13.5. The average Bonchev–Trinajstić information content (AvgIpc) is 3.33. The quantitative estimate of drug-likeness (QED) is 0.106. The third-order valence-corrected chi connectivity index (χ3v) is 14.2. The second-order valence-electron chi connectivity index (χ2n) is 18.3. The van der Waals surface area contributed by atoms with E-state index in [1.54, 1.807) is 6.07 Å². The fourth-order valence-corrected chi connectivity index (χ4v) is 10.4. The van der Waals surface area contributed by atoms with Crippen LogP contribution in [-0.2, 0) is 24.0 Å². The molecule has 0 aliphatic carbocycles. The van der Waals surface area contributed by atoms with Crippen LogP contribution in [0, 0.1) is 11.6 Å². The predicted octanol–water partition coefficient (Wildman–Crippen LogP) is 14.3. The molecule has 70 heavy (non-hydrogen) atoms. The molecule has 6 nitrogen and oxygen atoms in total. The van der Waals surface area contributed by atoms with E-state index >= 15 is 0 Å². The molecule has 0 radical (unpaired) electrons. The number of fused-ring (bicyclic) bond motifs is 3. The summed E-state index contributed by atoms with van der Waals surface area (Å²) in [5.41, 5.74) is 4.47. The lowest BCUT2D eigenvalue weighted by Gasteiger charge is -2.33. The molecular weight excluding hydrogens is 1050 g/mol. The third kappa shape index (κ3) is 11.6. The summed E-state index contributed by atoms with van der Waals surface area (Å²) in [5, 5.41) is 29.2. The van der Waals surface area contributed by atoms with Gasteiger partial charge in [0.15, 0.2) is 0 Å². The van der Waals surface area contributed by atoms with Crippen LogP contribution in [0.4, 0.5) is 8.78 Å². The molecule has 2 heterocycles. The number of hydrogen-bond acceptors (Lipinski definition) is 6. The van der Waals surface area contributed by atoms with Crippen molar-refractivity contribution in [2.75, 3.05) is 41.3 Å². The molecule has 2 N–H and O–H groups in total. The van der Waals surface area contributed by atoms with Crippen LogP contribution in [-0.4, -0.2) is 71.3 Å². The second kappa shape index (κ2) is 22.1. The maximum atomic E-state index is 14.2. The molecule has 9 rings (SSSR count). The first-order valence-electron chi connectivity index (χ1n) is 22.9. The zero-order valence-electron chi connectivity index (χ0n) is 39.2. The van der Waals surface area contributed by atoms with Crippen molar-refractivity contribution in [2.45, 2.75) is 36.9 Å². The van der Waals surface area contributed by atoms with Crippen LogP contribution in [0.15, 0.2) is 167 Å². The Balaban J connectivity index is 0.000000189. The minimum absolute atomic E-state index is 0.123. The number of rotatable bonds is 14. The Kier molecular flexibility index (Phi) is 16.2. The van der Waals surface area contributed by atoms with E-state index in [1.807, 2.05) is 130 Å². The number of hydrogen-bond donors (Lipinski definition) is 2. The van der Waals surface area contributed by atoms with Crippen molar-refractivity contribution in [3.63, 3.8) is 0 Å². The molecular formula is C58H52Br2Cl2F2N4O2. The highest BCUT2D eigenvalue weighted by atomic mass is 79.9. The van der Waals surface area contributed by atoms with Crippen molar-refractivity contribution in [3.8, 4) is 0 Å². The SMILES string of the molecule is CN(C)CCC(O)(c1cc(F)cc(F)c1)c1cc(Br)cc2cc(Cc3ccccc3)c(Cl)nc12.CN(C)CCC(O)(c1cccc2ccccc12)c1cc(Br)cc2cc(Cc3ccccc3)c(Cl)nc12. The van der Waals surface area contributed by atoms with Gasteiger partial charge in [-0.25, -0.2) is 18.7 Å². The van der Waals surface area contributed by atoms with Crippen LogP contribution < -0.4 is 0 Å². The van der Waals surface area contributed by atoms with Gasteiger partial charge < -0.3 is 20.0 Å². The van der Waals surface area contributed by atoms with Gasteiger partial charge in [-0.15, -0.1) is 0 Å². The van der Waals surface area contributed by atoms with Crippen molar-refractivity contribution in [3.05, 3.63) is 233 Å². The van der Waals surface area contributed by atoms with E-state index in [9.17, 15) is 19.0 Å². The van der Waals surface area contributed by atoms with Crippen LogP contribution in [0.5, 0.6) is 0 Å². The lowest BCUT2D eigenvalue weighted by atomic mass is 9.80. The molecule has 0 aliphatic heterocycles. The maximum Gasteiger partial charge on any atom is 0.133 e. The molecule has 7 aromatic carbocycles. The molecule has 0 spiro atoms. The number of nitrogens with zero attached hydrogens (tertiary/aromatic N) is 4. The Labute approximate surface area is 434 Å². The maximum absolute atomic E-state index is 14.2. The minimum Gasteiger partial charge on any atom is -0.380 e. The van der Waals surface area contributed by atoms with Crippen LogP contribution in [0.25, 0.3) is 32.6 Å². The summed E-state index contributed by atoms with van der Waals surface area (Å²) in [6.07, 6.45) is 1.99. The van der Waals surface area contributed by atoms with E-state index in [0.29, 0.717) is 63.7 Å². The average molecular weight is 1110 g/mol. The standard InChI is InChI=1S/C31H28BrClN2O.C27H24BrClF2N2O/c1-35(2)16-15-31(36,27-14-8-12-22-11-6-7-13-26(22)27)28-20-25(32)19-23-18-24(30(33)34-29(23)28)17-21-9-4-3-5-10-21;1-33(2)9-8-27(34,20-13-22(30)16-23(31)14-20)24-15-21(28)12-18-11-19(26(29)32-25(18)24)10-17-6-4-3-5-7-17/h3-14,18-20,36H,15-17H2,1-2H3;3-7,11-16,34H,8-10H2,1-2H3. The van der Waals surface area contributed by atoms with Gasteiger partial charge in [0, 0.05) is 62.8 Å². The van der Waals surface area contributed by atoms with Gasteiger partial charge in [-0.2, -0.15) is 0 Å². The fourth-order valence-electron chi connectivity index (χ4n) is 9.05. The van der Waals surface area contributed by atoms with E-state index < -0.39 is 22.8 Å². The Morgan fingerprint density at radius 1 is 0.500 bits per heavy atom. The number of benzene rings is 7. The highest BCUT2D eigenvalue weighted by molar-refractivity contribution is 9.10. The normalized spacial score (nSPS) is 13.4. The topological polar surface area (TPSA) is 72.7 Å². The fraction of sp³-hybridized carbons (Fsp3) is 0.207. The summed E-state index contributed by atoms with van der Waals surface area (Å²) in [6.45, 7) is 1.18. The smallest absolute Gasteiger partial charge is 0.133 e. The van der Waals surface area contributed by atoms with Gasteiger partial charge >= 0.3 is 0 Å². The molecule has 12 heteroatoms. The minimum atomic E-state index is -1.70. The van der Waals surface area contributed by atoms with Crippen molar-refractivity contribution in [1.29, 1.82) is 0 Å². The van der Waals surface area contributed by atoms with Crippen molar-refractivity contribution in [1.82, 2.24) is 19.8 Å². The Bertz CT molecular complexity index is 3290. The zero-order chi connectivity index (χ0) is 49.7. The van der Waals surface area contributed by atoms with Gasteiger partial charge in [-0.3, -0.25) is 0 Å². The van der Waals surface area contributed by atoms with Crippen molar-refractivity contribution < 1.29 is 19.0 Å². The molecule has 2 aromatic heterocycles. The lowest BCUT2D eigenvalue weighted by Crippen LogP contribution is -2.32. The molecule has 9 aromatic rings. The predicted molar refractivity (Wildman–Crippen MR) is 290 cm³/mol. The van der Waals surface area contributed by atoms with Crippen LogP contribution in [0.2, 0.25) is 10.3 Å². The van der Waals surface area contributed by atoms with Gasteiger partial charge in [0.05, 0.1) is 11.0 Å². The van der Waals surface area contributed by atoms with E-state index in [-0.39, 0.29) is 12.0 Å². The number of aromatic nitrogens is 2. The molecule has 358 valence electrons. The van der Waals surface area contributed by atoms with Gasteiger partial charge in [-0.05, 0) is 134 Å². The van der Waals surface area contributed by atoms with Crippen LogP contribution >= 0.6 is 55.1 Å². The Morgan fingerprint density at radius 2 is 0.943 bits per heavy atom. The Morgan fingerprint density at radius 3 is 1.44 bits per heavy atom. The van der Waals surface area contributed by atoms with Gasteiger partial charge in [0.1, 0.15) is 33.1 Å². The molecule has 0 saturated carbocycles. The molecule has 0 aliphatic rings. The monoisotopic (exact) mass is 1100 g/mol. The van der Waals surface area contributed by atoms with E-state index in [4.69, 9.17) is 28.2 Å². The van der Waals surface area contributed by atoms with Crippen molar-refractivity contribution >= 4 is 87.6 Å². The molecule has 2 atom stereocenters. The Hall–Kier alpha value is -5.14. The number of halogens is 6. The molecule has 0 bridgehead atoms. The first-order valence-corrected chi connectivity index (χ1v) is 25.2. The van der Waals surface area contributed by atoms with E-state index in [0.717, 1.165) is 72.0 Å². The summed E-state index contributed by atoms with van der Waals surface area (Å²) < 4.78 is 30.0. The number of aliphatic hydroxyl groups is 2. The molecule has 0 amide bonds. The summed E-state index contributed by atoms with van der Waals surface area (Å²) >= 11 is 20.6. The third-order valence-electron chi connectivity index (χ3n) is 12.6. The zero-order valence-corrected chi connectivity index (χ0v) is 43.9. The molecule has 2 unspecified atom stereocenters. The van der Waals surface area contributed by atoms with E-state index in [2.05, 4.69) is 78.1 Å².